The van der Waals surface area contributed by atoms with Crippen molar-refractivity contribution in [3.05, 3.63) is 50.5 Å². The third kappa shape index (κ3) is 4.47. The number of ether oxygens (including phenoxy) is 1. The van der Waals surface area contributed by atoms with Gasteiger partial charge in [-0.3, -0.25) is 14.9 Å². The number of carbonyl (C=O) groups is 2. The van der Waals surface area contributed by atoms with Crippen LogP contribution in [0, 0.1) is 10.1 Å². The Hall–Kier alpha value is -2.52. The Bertz CT molecular complexity index is 746. The summed E-state index contributed by atoms with van der Waals surface area (Å²) in [6.45, 7) is 1.38. The summed E-state index contributed by atoms with van der Waals surface area (Å²) in [6, 6.07) is 5.52. The molecule has 2 heterocycles. The average molecular weight is 356 g/mol. The molecule has 0 saturated carbocycles. The van der Waals surface area contributed by atoms with E-state index in [9.17, 15) is 19.7 Å². The molecule has 8 nitrogen and oxygen atoms in total. The second-order valence-electron chi connectivity index (χ2n) is 4.29. The zero-order chi connectivity index (χ0) is 17.0. The molecule has 2 aromatic heterocycles. The van der Waals surface area contributed by atoms with Gasteiger partial charge in [0.05, 0.1) is 9.95 Å². The molecule has 1 N–H and O–H groups in total. The Kier molecular flexibility index (Phi) is 5.24. The van der Waals surface area contributed by atoms with Crippen molar-refractivity contribution in [3.8, 4) is 0 Å². The average Bonchev–Trinajstić information content (AvgIpc) is 2.99. The van der Waals surface area contributed by atoms with E-state index < -0.39 is 22.9 Å². The Morgan fingerprint density at radius 3 is 2.70 bits per heavy atom. The van der Waals surface area contributed by atoms with Crippen molar-refractivity contribution in [1.82, 2.24) is 4.98 Å². The van der Waals surface area contributed by atoms with Crippen molar-refractivity contribution in [2.24, 2.45) is 0 Å². The molecule has 0 bridgehead atoms. The van der Waals surface area contributed by atoms with E-state index in [-0.39, 0.29) is 15.7 Å². The summed E-state index contributed by atoms with van der Waals surface area (Å²) >= 11 is 6.36. The second kappa shape index (κ2) is 7.16. The molecule has 0 aliphatic heterocycles. The van der Waals surface area contributed by atoms with Crippen LogP contribution in [0.5, 0.6) is 0 Å². The summed E-state index contributed by atoms with van der Waals surface area (Å²) in [4.78, 5) is 37.7. The number of carbonyl (C=O) groups excluding carboxylic acids is 2. The lowest BCUT2D eigenvalue weighted by Gasteiger charge is -2.12. The molecule has 23 heavy (non-hydrogen) atoms. The zero-order valence-electron chi connectivity index (χ0n) is 11.7. The van der Waals surface area contributed by atoms with Crippen LogP contribution in [0.15, 0.2) is 30.5 Å². The lowest BCUT2D eigenvalue weighted by atomic mass is 10.3. The van der Waals surface area contributed by atoms with Crippen molar-refractivity contribution in [2.75, 3.05) is 5.32 Å². The maximum absolute atomic E-state index is 11.9. The van der Waals surface area contributed by atoms with Crippen LogP contribution >= 0.6 is 22.9 Å². The number of nitrogens with one attached hydrogen (secondary N) is 1. The molecule has 2 aromatic rings. The van der Waals surface area contributed by atoms with Gasteiger partial charge in [0.15, 0.2) is 6.10 Å². The summed E-state index contributed by atoms with van der Waals surface area (Å²) < 4.78 is 4.97. The van der Waals surface area contributed by atoms with Crippen LogP contribution in [0.4, 0.5) is 10.8 Å². The first-order valence-electron chi connectivity index (χ1n) is 6.24. The fraction of sp³-hybridized carbons (Fsp3) is 0.154. The zero-order valence-corrected chi connectivity index (χ0v) is 13.3. The molecule has 0 radical (unpaired) electrons. The number of thiophene rings is 1. The number of pyridine rings is 1. The van der Waals surface area contributed by atoms with E-state index in [1.165, 1.54) is 31.3 Å². The third-order valence-corrected chi connectivity index (χ3v) is 3.85. The van der Waals surface area contributed by atoms with Gasteiger partial charge in [0.1, 0.15) is 10.7 Å². The predicted octanol–water partition coefficient (Wildman–Crippen LogP) is 2.89. The van der Waals surface area contributed by atoms with Gasteiger partial charge in [0.25, 0.3) is 5.91 Å². The molecule has 0 aliphatic rings. The molecular weight excluding hydrogens is 346 g/mol. The molecule has 0 fully saturated rings. The number of nitro groups is 1. The number of hydrogen-bond donors (Lipinski definition) is 1. The van der Waals surface area contributed by atoms with Gasteiger partial charge in [0.2, 0.25) is 0 Å². The first-order valence-corrected chi connectivity index (χ1v) is 7.44. The fourth-order valence-corrected chi connectivity index (χ4v) is 2.30. The predicted molar refractivity (Wildman–Crippen MR) is 83.7 cm³/mol. The second-order valence-corrected chi connectivity index (χ2v) is 5.79. The third-order valence-electron chi connectivity index (χ3n) is 2.60. The molecule has 0 spiro atoms. The smallest absolute Gasteiger partial charge is 0.349 e. The van der Waals surface area contributed by atoms with Crippen molar-refractivity contribution < 1.29 is 19.2 Å². The van der Waals surface area contributed by atoms with E-state index in [0.717, 1.165) is 0 Å². The van der Waals surface area contributed by atoms with Crippen LogP contribution in [-0.4, -0.2) is 27.9 Å². The van der Waals surface area contributed by atoms with Crippen molar-refractivity contribution in [3.63, 3.8) is 0 Å². The fourth-order valence-electron chi connectivity index (χ4n) is 1.49. The standard InChI is InChI=1S/C13H10ClN3O5S/c1-7(12(18)16-10-4-2-8(14)6-15-10)22-13(19)9-3-5-11(23-9)17(20)21/h2-7H,1H3,(H,15,16,18)/t7-/m0/s1. The summed E-state index contributed by atoms with van der Waals surface area (Å²) in [5.74, 6) is -1.14. The molecule has 1 atom stereocenters. The Balaban J connectivity index is 1.95. The maximum Gasteiger partial charge on any atom is 0.349 e. The highest BCUT2D eigenvalue weighted by molar-refractivity contribution is 7.17. The SMILES string of the molecule is C[C@H](OC(=O)c1ccc([N+](=O)[O-])s1)C(=O)Nc1ccc(Cl)cn1. The number of hydrogen-bond acceptors (Lipinski definition) is 7. The highest BCUT2D eigenvalue weighted by Gasteiger charge is 2.22. The van der Waals surface area contributed by atoms with Crippen molar-refractivity contribution in [1.29, 1.82) is 0 Å². The first kappa shape index (κ1) is 16.8. The van der Waals surface area contributed by atoms with Gasteiger partial charge in [-0.1, -0.05) is 22.9 Å². The summed E-state index contributed by atoms with van der Waals surface area (Å²) in [6.07, 6.45) is 0.264. The minimum Gasteiger partial charge on any atom is -0.448 e. The quantitative estimate of drug-likeness (QED) is 0.501. The lowest BCUT2D eigenvalue weighted by molar-refractivity contribution is -0.380. The van der Waals surface area contributed by atoms with Crippen LogP contribution in [0.3, 0.4) is 0 Å². The molecule has 0 unspecified atom stereocenters. The molecule has 0 saturated heterocycles. The number of amides is 1. The highest BCUT2D eigenvalue weighted by atomic mass is 35.5. The van der Waals surface area contributed by atoms with Crippen LogP contribution in [0.2, 0.25) is 5.02 Å². The van der Waals surface area contributed by atoms with Crippen LogP contribution in [-0.2, 0) is 9.53 Å². The van der Waals surface area contributed by atoms with Crippen LogP contribution in [0.25, 0.3) is 0 Å². The lowest BCUT2D eigenvalue weighted by Crippen LogP contribution is -2.30. The number of esters is 1. The largest absolute Gasteiger partial charge is 0.448 e. The van der Waals surface area contributed by atoms with E-state index >= 15 is 0 Å². The molecular formula is C13H10ClN3O5S. The van der Waals surface area contributed by atoms with E-state index in [4.69, 9.17) is 16.3 Å². The number of aromatic nitrogens is 1. The first-order chi connectivity index (χ1) is 10.9. The minimum absolute atomic E-state index is 0.0426. The van der Waals surface area contributed by atoms with Crippen molar-refractivity contribution >= 4 is 45.6 Å². The Morgan fingerprint density at radius 2 is 2.13 bits per heavy atom. The molecule has 10 heteroatoms. The van der Waals surface area contributed by atoms with Gasteiger partial charge in [-0.15, -0.1) is 0 Å². The summed E-state index contributed by atoms with van der Waals surface area (Å²) in [5.41, 5.74) is 0. The number of nitrogens with zero attached hydrogens (tertiary/aromatic N) is 2. The number of rotatable bonds is 5. The summed E-state index contributed by atoms with van der Waals surface area (Å²) in [5, 5.41) is 13.3. The van der Waals surface area contributed by atoms with Crippen molar-refractivity contribution in [2.45, 2.75) is 13.0 Å². The topological polar surface area (TPSA) is 111 Å². The summed E-state index contributed by atoms with van der Waals surface area (Å²) in [7, 11) is 0. The van der Waals surface area contributed by atoms with E-state index in [2.05, 4.69) is 10.3 Å². The monoisotopic (exact) mass is 355 g/mol. The maximum atomic E-state index is 11.9. The van der Waals surface area contributed by atoms with E-state index in [1.54, 1.807) is 6.07 Å². The number of anilines is 1. The van der Waals surface area contributed by atoms with E-state index in [0.29, 0.717) is 16.4 Å². The van der Waals surface area contributed by atoms with Gasteiger partial charge >= 0.3 is 11.0 Å². The molecule has 120 valence electrons. The van der Waals surface area contributed by atoms with Crippen LogP contribution in [0.1, 0.15) is 16.6 Å². The molecule has 0 aromatic carbocycles. The Labute approximate surface area is 139 Å². The molecule has 0 aliphatic carbocycles. The highest BCUT2D eigenvalue weighted by Crippen LogP contribution is 2.24. The normalized spacial score (nSPS) is 11.6. The van der Waals surface area contributed by atoms with Gasteiger partial charge in [-0.25, -0.2) is 9.78 Å². The molecule has 1 amide bonds. The van der Waals surface area contributed by atoms with Gasteiger partial charge in [-0.05, 0) is 25.1 Å². The Morgan fingerprint density at radius 1 is 1.39 bits per heavy atom. The van der Waals surface area contributed by atoms with Gasteiger partial charge in [-0.2, -0.15) is 0 Å². The minimum atomic E-state index is -1.10. The van der Waals surface area contributed by atoms with Crippen LogP contribution < -0.4 is 5.32 Å². The van der Waals surface area contributed by atoms with Gasteiger partial charge in [0, 0.05) is 12.3 Å². The van der Waals surface area contributed by atoms with E-state index in [1.807, 2.05) is 0 Å². The van der Waals surface area contributed by atoms with Gasteiger partial charge < -0.3 is 10.1 Å². The number of halogens is 1. The molecule has 2 rings (SSSR count).